The largest absolute Gasteiger partial charge is 0.353 e. The minimum atomic E-state index is 0.174. The SMILES string of the molecule is C=CC(=N/C(=C\C)c1cnc2n[nH]c(-c3nc4c(-c5ccc(C(=C)C)s5)nccc4[nH]3)c2c1)N1CC(N)C1. The number of pyridine rings is 2. The third kappa shape index (κ3) is 4.13. The molecule has 38 heavy (non-hydrogen) atoms. The molecular formula is C28H27N9S. The van der Waals surface area contributed by atoms with Crippen molar-refractivity contribution in [3.8, 4) is 22.1 Å². The first-order valence-electron chi connectivity index (χ1n) is 12.3. The van der Waals surface area contributed by atoms with E-state index in [0.717, 1.165) is 73.3 Å². The van der Waals surface area contributed by atoms with Crippen LogP contribution in [-0.2, 0) is 0 Å². The zero-order valence-electron chi connectivity index (χ0n) is 21.2. The molecule has 0 bridgehead atoms. The summed E-state index contributed by atoms with van der Waals surface area (Å²) in [4.78, 5) is 26.7. The van der Waals surface area contributed by atoms with Gasteiger partial charge in [-0.05, 0) is 49.8 Å². The molecule has 0 aliphatic carbocycles. The van der Waals surface area contributed by atoms with E-state index >= 15 is 0 Å². The molecule has 1 saturated heterocycles. The number of hydrogen-bond donors (Lipinski definition) is 3. The summed E-state index contributed by atoms with van der Waals surface area (Å²) in [5.74, 6) is 1.47. The number of likely N-dealkylation sites (tertiary alicyclic amines) is 1. The Kier molecular flexibility index (Phi) is 5.97. The minimum absolute atomic E-state index is 0.174. The number of aromatic amines is 2. The van der Waals surface area contributed by atoms with Crippen molar-refractivity contribution in [3.05, 3.63) is 72.4 Å². The number of nitrogens with two attached hydrogens (primary N) is 1. The molecule has 6 heterocycles. The lowest BCUT2D eigenvalue weighted by atomic mass is 10.1. The van der Waals surface area contributed by atoms with Gasteiger partial charge in [-0.25, -0.2) is 15.0 Å². The fourth-order valence-corrected chi connectivity index (χ4v) is 5.44. The van der Waals surface area contributed by atoms with Crippen LogP contribution >= 0.6 is 11.3 Å². The van der Waals surface area contributed by atoms with Crippen molar-refractivity contribution >= 4 is 50.5 Å². The average Bonchev–Trinajstić information content (AvgIpc) is 3.65. The Morgan fingerprint density at radius 3 is 2.82 bits per heavy atom. The molecule has 0 aromatic carbocycles. The van der Waals surface area contributed by atoms with Gasteiger partial charge in [0, 0.05) is 42.0 Å². The molecule has 0 unspecified atom stereocenters. The van der Waals surface area contributed by atoms with Crippen LogP contribution in [0.5, 0.6) is 0 Å². The van der Waals surface area contributed by atoms with E-state index in [1.807, 2.05) is 32.1 Å². The van der Waals surface area contributed by atoms with E-state index in [4.69, 9.17) is 15.7 Å². The van der Waals surface area contributed by atoms with Crippen LogP contribution in [-0.4, -0.2) is 60.0 Å². The molecule has 1 aliphatic heterocycles. The van der Waals surface area contributed by atoms with E-state index in [0.29, 0.717) is 11.5 Å². The standard InChI is InChI=1S/C28H27N9S/c1-5-19(32-23(6-2)37-13-17(29)14-37)16-11-18-24(35-36-27(18)31-12-16)28-33-20-9-10-30-26(25(20)34-28)22-8-7-21(38-22)15(3)4/h5-12,17H,2-3,13-14,29H2,1,4H3,(H,33,34)(H,31,35,36)/b19-5-,32-23?. The molecule has 1 fully saturated rings. The van der Waals surface area contributed by atoms with Crippen molar-refractivity contribution in [2.24, 2.45) is 10.7 Å². The number of aromatic nitrogens is 6. The summed E-state index contributed by atoms with van der Waals surface area (Å²) in [5.41, 5.74) is 12.5. The highest BCUT2D eigenvalue weighted by Crippen LogP contribution is 2.35. The molecule has 0 spiro atoms. The van der Waals surface area contributed by atoms with E-state index in [1.165, 1.54) is 0 Å². The smallest absolute Gasteiger partial charge is 0.181 e. The van der Waals surface area contributed by atoms with Gasteiger partial charge in [0.05, 0.1) is 21.5 Å². The van der Waals surface area contributed by atoms with Gasteiger partial charge < -0.3 is 15.6 Å². The first kappa shape index (κ1) is 24.0. The molecule has 0 saturated carbocycles. The van der Waals surface area contributed by atoms with Gasteiger partial charge in [0.25, 0.3) is 0 Å². The van der Waals surface area contributed by atoms with Crippen LogP contribution in [0.2, 0.25) is 0 Å². The molecule has 190 valence electrons. The summed E-state index contributed by atoms with van der Waals surface area (Å²) in [5, 5.41) is 8.38. The van der Waals surface area contributed by atoms with Crippen LogP contribution in [0.4, 0.5) is 0 Å². The fourth-order valence-electron chi connectivity index (χ4n) is 4.51. The maximum atomic E-state index is 5.96. The Hall–Kier alpha value is -4.41. The molecule has 0 atom stereocenters. The van der Waals surface area contributed by atoms with Crippen molar-refractivity contribution in [1.29, 1.82) is 0 Å². The summed E-state index contributed by atoms with van der Waals surface area (Å²) in [6.07, 6.45) is 7.30. The Labute approximate surface area is 223 Å². The lowest BCUT2D eigenvalue weighted by Gasteiger charge is -2.38. The van der Waals surface area contributed by atoms with Crippen molar-refractivity contribution in [2.45, 2.75) is 19.9 Å². The van der Waals surface area contributed by atoms with Crippen LogP contribution in [0, 0.1) is 0 Å². The average molecular weight is 522 g/mol. The van der Waals surface area contributed by atoms with Gasteiger partial charge in [-0.3, -0.25) is 10.1 Å². The molecular weight excluding hydrogens is 494 g/mol. The number of fused-ring (bicyclic) bond motifs is 2. The van der Waals surface area contributed by atoms with Gasteiger partial charge in [-0.15, -0.1) is 11.3 Å². The Morgan fingerprint density at radius 2 is 2.11 bits per heavy atom. The molecule has 5 aromatic heterocycles. The Balaban J connectivity index is 1.40. The zero-order valence-corrected chi connectivity index (χ0v) is 22.0. The minimum Gasteiger partial charge on any atom is -0.353 e. The number of thiophene rings is 1. The van der Waals surface area contributed by atoms with E-state index in [9.17, 15) is 0 Å². The molecule has 10 heteroatoms. The second-order valence-electron chi connectivity index (χ2n) is 9.29. The van der Waals surface area contributed by atoms with Crippen LogP contribution in [0.1, 0.15) is 24.3 Å². The molecule has 5 aromatic rings. The van der Waals surface area contributed by atoms with E-state index < -0.39 is 0 Å². The fraction of sp³-hybridized carbons (Fsp3) is 0.179. The summed E-state index contributed by atoms with van der Waals surface area (Å²) in [6, 6.07) is 8.27. The maximum absolute atomic E-state index is 5.96. The van der Waals surface area contributed by atoms with E-state index in [2.05, 4.69) is 55.3 Å². The summed E-state index contributed by atoms with van der Waals surface area (Å²) < 4.78 is 0. The lowest BCUT2D eigenvalue weighted by molar-refractivity contribution is 0.256. The number of amidine groups is 1. The zero-order chi connectivity index (χ0) is 26.4. The van der Waals surface area contributed by atoms with Crippen molar-refractivity contribution in [1.82, 2.24) is 35.0 Å². The highest BCUT2D eigenvalue weighted by atomic mass is 32.1. The Bertz CT molecular complexity index is 1760. The normalized spacial score (nSPS) is 14.9. The monoisotopic (exact) mass is 521 g/mol. The van der Waals surface area contributed by atoms with Gasteiger partial charge in [0.2, 0.25) is 0 Å². The number of rotatable bonds is 6. The van der Waals surface area contributed by atoms with Gasteiger partial charge in [0.1, 0.15) is 22.7 Å². The predicted molar refractivity (Wildman–Crippen MR) is 156 cm³/mol. The van der Waals surface area contributed by atoms with Crippen LogP contribution < -0.4 is 5.73 Å². The van der Waals surface area contributed by atoms with Crippen molar-refractivity contribution in [2.75, 3.05) is 13.1 Å². The van der Waals surface area contributed by atoms with E-state index in [1.54, 1.807) is 29.8 Å². The van der Waals surface area contributed by atoms with Gasteiger partial charge >= 0.3 is 0 Å². The highest BCUT2D eigenvalue weighted by Gasteiger charge is 2.25. The van der Waals surface area contributed by atoms with Gasteiger partial charge in [-0.2, -0.15) is 5.10 Å². The van der Waals surface area contributed by atoms with Crippen LogP contribution in [0.3, 0.4) is 0 Å². The van der Waals surface area contributed by atoms with Crippen LogP contribution in [0.25, 0.3) is 55.4 Å². The number of imidazole rings is 1. The highest BCUT2D eigenvalue weighted by molar-refractivity contribution is 7.16. The van der Waals surface area contributed by atoms with Gasteiger partial charge in [-0.1, -0.05) is 19.2 Å². The first-order valence-corrected chi connectivity index (χ1v) is 13.1. The molecule has 0 radical (unpaired) electrons. The number of nitrogens with zero attached hydrogens (tertiary/aromatic N) is 6. The number of nitrogens with one attached hydrogen (secondary N) is 2. The van der Waals surface area contributed by atoms with Crippen LogP contribution in [0.15, 0.2) is 67.0 Å². The topological polar surface area (TPSA) is 125 Å². The summed E-state index contributed by atoms with van der Waals surface area (Å²) >= 11 is 1.66. The van der Waals surface area contributed by atoms with Crippen molar-refractivity contribution in [3.63, 3.8) is 0 Å². The molecule has 1 aliphatic rings. The van der Waals surface area contributed by atoms with Gasteiger partial charge in [0.15, 0.2) is 11.5 Å². The second kappa shape index (κ2) is 9.47. The number of hydrogen-bond acceptors (Lipinski definition) is 7. The predicted octanol–water partition coefficient (Wildman–Crippen LogP) is 5.25. The third-order valence-corrected chi connectivity index (χ3v) is 7.78. The molecule has 4 N–H and O–H groups in total. The maximum Gasteiger partial charge on any atom is 0.181 e. The molecule has 0 amide bonds. The molecule has 6 rings (SSSR count). The summed E-state index contributed by atoms with van der Waals surface area (Å²) in [6.45, 7) is 13.5. The second-order valence-corrected chi connectivity index (χ2v) is 10.4. The first-order chi connectivity index (χ1) is 18.4. The van der Waals surface area contributed by atoms with Crippen molar-refractivity contribution < 1.29 is 0 Å². The lowest BCUT2D eigenvalue weighted by Crippen LogP contribution is -2.57. The third-order valence-electron chi connectivity index (χ3n) is 6.53. The quantitative estimate of drug-likeness (QED) is 0.207. The van der Waals surface area contributed by atoms with E-state index in [-0.39, 0.29) is 6.04 Å². The summed E-state index contributed by atoms with van der Waals surface area (Å²) in [7, 11) is 0. The molecule has 9 nitrogen and oxygen atoms in total. The number of aliphatic imine (C=N–C) groups is 1. The number of allylic oxidation sites excluding steroid dienone is 2. The number of H-pyrrole nitrogens is 2. The Morgan fingerprint density at radius 1 is 1.26 bits per heavy atom.